The summed E-state index contributed by atoms with van der Waals surface area (Å²) < 4.78 is 1.43. The van der Waals surface area contributed by atoms with E-state index in [0.29, 0.717) is 0 Å². The van der Waals surface area contributed by atoms with E-state index in [4.69, 9.17) is 0 Å². The summed E-state index contributed by atoms with van der Waals surface area (Å²) in [6.07, 6.45) is 2.80. The van der Waals surface area contributed by atoms with Crippen LogP contribution < -0.4 is 0 Å². The van der Waals surface area contributed by atoms with Gasteiger partial charge in [-0.3, -0.25) is 0 Å². The molecule has 0 saturated heterocycles. The third-order valence-corrected chi connectivity index (χ3v) is 1.54. The molecule has 0 atom stereocenters. The molecule has 0 rings (SSSR count). The number of rotatable bonds is 2. The van der Waals surface area contributed by atoms with Crippen molar-refractivity contribution in [1.82, 2.24) is 0 Å². The van der Waals surface area contributed by atoms with E-state index in [1.807, 2.05) is 0 Å². The van der Waals surface area contributed by atoms with Crippen molar-refractivity contribution in [3.8, 4) is 0 Å². The smallest absolute Gasteiger partial charge is 0.147 e. The van der Waals surface area contributed by atoms with Gasteiger partial charge in [-0.25, -0.2) is 0 Å². The van der Waals surface area contributed by atoms with E-state index >= 15 is 0 Å². The molecule has 3 radical (unpaired) electrons. The first-order chi connectivity index (χ1) is 2.41. The Balaban J connectivity index is -0.0000000800. The predicted molar refractivity (Wildman–Crippen MR) is 36.3 cm³/mol. The van der Waals surface area contributed by atoms with E-state index in [1.54, 1.807) is 22.5 Å². The fraction of sp³-hybridized carbons (Fsp3) is 1.00. The van der Waals surface area contributed by atoms with Crippen LogP contribution in [0.3, 0.4) is 0 Å². The van der Waals surface area contributed by atoms with Gasteiger partial charge in [0.15, 0.2) is 0 Å². The minimum atomic E-state index is 0. The summed E-state index contributed by atoms with van der Waals surface area (Å²) in [5, 5.41) is 0. The molecule has 0 bridgehead atoms. The summed E-state index contributed by atoms with van der Waals surface area (Å²) in [5.41, 5.74) is 0. The zero-order valence-corrected chi connectivity index (χ0v) is 8.20. The zero-order valence-electron chi connectivity index (χ0n) is 4.53. The van der Waals surface area contributed by atoms with Crippen molar-refractivity contribution in [2.45, 2.75) is 24.2 Å². The molecule has 3 heteroatoms. The molecule has 1 nitrogen and oxygen atoms in total. The molecule has 7 heavy (non-hydrogen) atoms. The largest absolute Gasteiger partial charge is 0.412 e. The number of unbranched alkanes of at least 4 members (excludes halogenated alkanes) is 1. The van der Waals surface area contributed by atoms with Crippen molar-refractivity contribution >= 4 is 34.9 Å². The van der Waals surface area contributed by atoms with E-state index in [-0.39, 0.29) is 17.9 Å². The van der Waals surface area contributed by atoms with Gasteiger partial charge in [-0.2, -0.15) is 0 Å². The average molecular weight is 230 g/mol. The van der Waals surface area contributed by atoms with Crippen LogP contribution >= 0.6 is 12.4 Å². The third kappa shape index (κ3) is 19.3. The van der Waals surface area contributed by atoms with Crippen LogP contribution in [0.4, 0.5) is 0 Å². The van der Waals surface area contributed by atoms with Gasteiger partial charge in [-0.05, 0) is 0 Å². The van der Waals surface area contributed by atoms with Crippen LogP contribution in [0.25, 0.3) is 0 Å². The van der Waals surface area contributed by atoms with Crippen LogP contribution in [-0.4, -0.2) is 28.0 Å². The van der Waals surface area contributed by atoms with Gasteiger partial charge in [-0.15, -0.1) is 12.4 Å². The van der Waals surface area contributed by atoms with Gasteiger partial charge in [0, 0.05) is 0 Å². The maximum atomic E-state index is 2.23. The normalized spacial score (nSPS) is 6.00. The van der Waals surface area contributed by atoms with E-state index in [1.165, 1.54) is 17.3 Å². The summed E-state index contributed by atoms with van der Waals surface area (Å²) in [5.74, 6) is 0. The molecule has 0 aliphatic carbocycles. The van der Waals surface area contributed by atoms with Crippen LogP contribution in [0.5, 0.6) is 0 Å². The first-order valence-corrected chi connectivity index (χ1v) is 4.08. The summed E-state index contributed by atoms with van der Waals surface area (Å²) in [6, 6.07) is 0. The van der Waals surface area contributed by atoms with Crippen molar-refractivity contribution in [3.05, 3.63) is 0 Å². The third-order valence-electron chi connectivity index (χ3n) is 0.530. The first kappa shape index (κ1) is 15.7. The number of halogens is 1. The Bertz CT molecular complexity index is 19.2. The molecule has 0 aromatic heterocycles. The Hall–Kier alpha value is 1.05. The van der Waals surface area contributed by atoms with Crippen LogP contribution in [0.2, 0.25) is 4.44 Å². The molecular formula is C4H12ClOSn. The Morgan fingerprint density at radius 3 is 1.86 bits per heavy atom. The second kappa shape index (κ2) is 15.7. The van der Waals surface area contributed by atoms with Crippen LogP contribution in [0.15, 0.2) is 0 Å². The fourth-order valence-corrected chi connectivity index (χ4v) is 1.19. The van der Waals surface area contributed by atoms with Crippen molar-refractivity contribution in [1.29, 1.82) is 0 Å². The monoisotopic (exact) mass is 231 g/mol. The standard InChI is InChI=1S/C4H9.ClH.H2O.Sn/c1-3-4-2;;;/h1,3-4H2,2H3;1H;1H2;. The Kier molecular flexibility index (Phi) is 35.3. The fourth-order valence-electron chi connectivity index (χ4n) is 0.177. The summed E-state index contributed by atoms with van der Waals surface area (Å²) >= 11 is 1.68. The van der Waals surface area contributed by atoms with Crippen LogP contribution in [0, 0.1) is 0 Å². The van der Waals surface area contributed by atoms with Crippen LogP contribution in [0.1, 0.15) is 19.8 Å². The quantitative estimate of drug-likeness (QED) is 0.633. The SMILES string of the molecule is CCC[CH2][Sn].Cl.O. The second-order valence-corrected chi connectivity index (χ2v) is 2.53. The van der Waals surface area contributed by atoms with Gasteiger partial charge >= 0.3 is 46.7 Å². The van der Waals surface area contributed by atoms with E-state index < -0.39 is 0 Å². The van der Waals surface area contributed by atoms with E-state index in [9.17, 15) is 0 Å². The molecule has 0 amide bonds. The molecule has 0 spiro atoms. The van der Waals surface area contributed by atoms with Gasteiger partial charge < -0.3 is 5.48 Å². The van der Waals surface area contributed by atoms with Crippen molar-refractivity contribution in [3.63, 3.8) is 0 Å². The Morgan fingerprint density at radius 2 is 1.86 bits per heavy atom. The van der Waals surface area contributed by atoms with Gasteiger partial charge in [0.2, 0.25) is 0 Å². The summed E-state index contributed by atoms with van der Waals surface area (Å²) in [6.45, 7) is 2.23. The molecule has 0 aromatic rings. The number of hydrogen-bond acceptors (Lipinski definition) is 0. The molecule has 0 unspecified atom stereocenters. The van der Waals surface area contributed by atoms with Gasteiger partial charge in [-0.1, -0.05) is 0 Å². The molecule has 0 heterocycles. The predicted octanol–water partition coefficient (Wildman–Crippen LogP) is 0.970. The average Bonchev–Trinajstić information content (AvgIpc) is 1.41. The second-order valence-electron chi connectivity index (χ2n) is 1.10. The van der Waals surface area contributed by atoms with Gasteiger partial charge in [0.25, 0.3) is 0 Å². The van der Waals surface area contributed by atoms with Crippen molar-refractivity contribution in [2.75, 3.05) is 0 Å². The molecule has 0 aliphatic heterocycles. The Morgan fingerprint density at radius 1 is 1.43 bits per heavy atom. The molecule has 0 saturated carbocycles. The minimum absolute atomic E-state index is 0. The first-order valence-electron chi connectivity index (χ1n) is 2.06. The zero-order chi connectivity index (χ0) is 4.12. The Labute approximate surface area is 64.7 Å². The molecule has 0 aromatic carbocycles. The summed E-state index contributed by atoms with van der Waals surface area (Å²) in [4.78, 5) is 0. The molecule has 2 N–H and O–H groups in total. The van der Waals surface area contributed by atoms with Crippen molar-refractivity contribution in [2.24, 2.45) is 0 Å². The topological polar surface area (TPSA) is 31.5 Å². The van der Waals surface area contributed by atoms with E-state index in [2.05, 4.69) is 6.92 Å². The van der Waals surface area contributed by atoms with Crippen molar-refractivity contribution < 1.29 is 5.48 Å². The van der Waals surface area contributed by atoms with Gasteiger partial charge in [0.1, 0.15) is 0 Å². The molecular weight excluding hydrogens is 218 g/mol. The molecule has 0 aliphatic rings. The van der Waals surface area contributed by atoms with Crippen LogP contribution in [-0.2, 0) is 0 Å². The maximum Gasteiger partial charge on any atom is -0.147 e. The summed E-state index contributed by atoms with van der Waals surface area (Å²) in [7, 11) is 0. The minimum Gasteiger partial charge on any atom is -0.412 e. The maximum absolute atomic E-state index is 2.23. The van der Waals surface area contributed by atoms with E-state index in [0.717, 1.165) is 0 Å². The van der Waals surface area contributed by atoms with Gasteiger partial charge in [0.05, 0.1) is 0 Å². The molecule has 45 valence electrons. The molecule has 0 fully saturated rings. The number of hydrogen-bond donors (Lipinski definition) is 0.